The van der Waals surface area contributed by atoms with E-state index in [4.69, 9.17) is 4.74 Å². The number of alkyl halides is 3. The average Bonchev–Trinajstić information content (AvgIpc) is 2.93. The lowest BCUT2D eigenvalue weighted by Gasteiger charge is -2.09. The molecule has 0 saturated carbocycles. The number of nitrogens with one attached hydrogen (secondary N) is 2. The fraction of sp³-hybridized carbons (Fsp3) is 0.316. The minimum atomic E-state index is -5.15. The van der Waals surface area contributed by atoms with Gasteiger partial charge in [-0.05, 0) is 44.9 Å². The molecule has 2 rings (SSSR count). The van der Waals surface area contributed by atoms with Gasteiger partial charge in [0.1, 0.15) is 5.00 Å². The highest BCUT2D eigenvalue weighted by Gasteiger charge is 2.40. The van der Waals surface area contributed by atoms with Crippen molar-refractivity contribution in [2.45, 2.75) is 33.9 Å². The number of hydrogen-bond acceptors (Lipinski definition) is 5. The van der Waals surface area contributed by atoms with Gasteiger partial charge in [0, 0.05) is 5.69 Å². The van der Waals surface area contributed by atoms with Crippen molar-refractivity contribution in [2.75, 3.05) is 17.2 Å². The maximum Gasteiger partial charge on any atom is 0.471 e. The van der Waals surface area contributed by atoms with E-state index >= 15 is 0 Å². The van der Waals surface area contributed by atoms with Crippen molar-refractivity contribution < 1.29 is 32.3 Å². The molecule has 0 fully saturated rings. The Balaban J connectivity index is 2.43. The van der Waals surface area contributed by atoms with E-state index in [-0.39, 0.29) is 22.6 Å². The number of benzene rings is 1. The van der Waals surface area contributed by atoms with Gasteiger partial charge in [-0.15, -0.1) is 11.3 Å². The molecule has 0 spiro atoms. The third-order valence-corrected chi connectivity index (χ3v) is 5.15. The van der Waals surface area contributed by atoms with E-state index in [9.17, 15) is 27.6 Å². The number of aryl methyl sites for hydroxylation is 2. The van der Waals surface area contributed by atoms with Gasteiger partial charge < -0.3 is 15.4 Å². The van der Waals surface area contributed by atoms with Crippen LogP contribution in [0.15, 0.2) is 18.2 Å². The number of esters is 1. The Morgan fingerprint density at radius 3 is 2.31 bits per heavy atom. The van der Waals surface area contributed by atoms with Crippen molar-refractivity contribution in [2.24, 2.45) is 0 Å². The highest BCUT2D eigenvalue weighted by molar-refractivity contribution is 7.19. The van der Waals surface area contributed by atoms with Gasteiger partial charge in [0.25, 0.3) is 5.91 Å². The largest absolute Gasteiger partial charge is 0.471 e. The summed E-state index contributed by atoms with van der Waals surface area (Å²) in [7, 11) is 0. The Bertz CT molecular complexity index is 967. The van der Waals surface area contributed by atoms with Gasteiger partial charge in [-0.1, -0.05) is 17.7 Å². The molecule has 10 heteroatoms. The summed E-state index contributed by atoms with van der Waals surface area (Å²) in [6, 6.07) is 5.35. The summed E-state index contributed by atoms with van der Waals surface area (Å²) in [6.07, 6.45) is -5.15. The molecule has 0 aliphatic rings. The summed E-state index contributed by atoms with van der Waals surface area (Å²) in [6.45, 7) is 6.60. The number of halogens is 3. The second-order valence-electron chi connectivity index (χ2n) is 6.21. The molecule has 0 unspecified atom stereocenters. The van der Waals surface area contributed by atoms with Crippen LogP contribution in [0.25, 0.3) is 0 Å². The molecule has 1 aromatic carbocycles. The molecule has 0 saturated heterocycles. The first kappa shape index (κ1) is 22.4. The number of carbonyl (C=O) groups excluding carboxylic acids is 3. The molecule has 0 atom stereocenters. The first-order chi connectivity index (χ1) is 13.5. The lowest BCUT2D eigenvalue weighted by Crippen LogP contribution is -2.30. The number of ether oxygens (including phenoxy) is 1. The van der Waals surface area contributed by atoms with Crippen molar-refractivity contribution in [3.05, 3.63) is 45.3 Å². The molecule has 1 heterocycles. The zero-order valence-electron chi connectivity index (χ0n) is 16.1. The van der Waals surface area contributed by atoms with E-state index in [1.54, 1.807) is 24.4 Å². The van der Waals surface area contributed by atoms with Crippen LogP contribution in [0.3, 0.4) is 0 Å². The summed E-state index contributed by atoms with van der Waals surface area (Å²) in [5.74, 6) is -3.78. The van der Waals surface area contributed by atoms with Crippen molar-refractivity contribution >= 4 is 39.8 Å². The number of thiophene rings is 1. The fourth-order valence-corrected chi connectivity index (χ4v) is 3.66. The highest BCUT2D eigenvalue weighted by Crippen LogP contribution is 2.35. The molecule has 2 aromatic rings. The molecule has 156 valence electrons. The Morgan fingerprint density at radius 1 is 1.10 bits per heavy atom. The van der Waals surface area contributed by atoms with E-state index in [0.29, 0.717) is 17.0 Å². The summed E-state index contributed by atoms with van der Waals surface area (Å²) in [5, 5.41) is 3.94. The SMILES string of the molecule is CCOC(=O)c1c(NC(=O)C(F)(F)F)sc(C(=O)Nc2ccc(C)cc2C)c1C. The molecular weight excluding hydrogens is 409 g/mol. The highest BCUT2D eigenvalue weighted by atomic mass is 32.1. The Hall–Kier alpha value is -2.88. The van der Waals surface area contributed by atoms with Crippen LogP contribution in [-0.4, -0.2) is 30.6 Å². The monoisotopic (exact) mass is 428 g/mol. The van der Waals surface area contributed by atoms with Gasteiger partial charge in [0.05, 0.1) is 17.0 Å². The number of amides is 2. The van der Waals surface area contributed by atoms with Crippen LogP contribution in [0.1, 0.15) is 43.6 Å². The van der Waals surface area contributed by atoms with Crippen LogP contribution < -0.4 is 10.6 Å². The molecule has 1 aromatic heterocycles. The van der Waals surface area contributed by atoms with E-state index in [0.717, 1.165) is 11.1 Å². The maximum atomic E-state index is 12.7. The summed E-state index contributed by atoms with van der Waals surface area (Å²) >= 11 is 0.576. The van der Waals surface area contributed by atoms with Gasteiger partial charge in [-0.25, -0.2) is 4.79 Å². The molecule has 29 heavy (non-hydrogen) atoms. The fourth-order valence-electron chi connectivity index (χ4n) is 2.57. The van der Waals surface area contributed by atoms with Gasteiger partial charge in [0.15, 0.2) is 0 Å². The van der Waals surface area contributed by atoms with Crippen LogP contribution in [0.2, 0.25) is 0 Å². The molecule has 0 radical (unpaired) electrons. The third kappa shape index (κ3) is 5.14. The minimum absolute atomic E-state index is 0.00879. The second-order valence-corrected chi connectivity index (χ2v) is 7.23. The van der Waals surface area contributed by atoms with E-state index < -0.39 is 29.0 Å². The van der Waals surface area contributed by atoms with E-state index in [1.807, 2.05) is 13.0 Å². The molecule has 0 aliphatic carbocycles. The Labute approximate surface area is 169 Å². The Kier molecular flexibility index (Phi) is 6.68. The molecular formula is C19H19F3N2O4S. The molecule has 2 amide bonds. The van der Waals surface area contributed by atoms with Gasteiger partial charge in [0.2, 0.25) is 0 Å². The number of carbonyl (C=O) groups is 3. The van der Waals surface area contributed by atoms with E-state index in [2.05, 4.69) is 5.32 Å². The van der Waals surface area contributed by atoms with Crippen LogP contribution in [0, 0.1) is 20.8 Å². The maximum absolute atomic E-state index is 12.7. The van der Waals surface area contributed by atoms with Crippen molar-refractivity contribution in [3.8, 4) is 0 Å². The number of anilines is 2. The summed E-state index contributed by atoms with van der Waals surface area (Å²) in [5.41, 5.74) is 2.15. The predicted molar refractivity (Wildman–Crippen MR) is 104 cm³/mol. The van der Waals surface area contributed by atoms with Gasteiger partial charge >= 0.3 is 18.1 Å². The van der Waals surface area contributed by atoms with Gasteiger partial charge in [-0.3, -0.25) is 9.59 Å². The molecule has 0 bridgehead atoms. The Morgan fingerprint density at radius 2 is 1.76 bits per heavy atom. The molecule has 2 N–H and O–H groups in total. The lowest BCUT2D eigenvalue weighted by molar-refractivity contribution is -0.167. The lowest BCUT2D eigenvalue weighted by atomic mass is 10.1. The first-order valence-corrected chi connectivity index (χ1v) is 9.34. The third-order valence-electron chi connectivity index (χ3n) is 3.95. The van der Waals surface area contributed by atoms with Crippen LogP contribution >= 0.6 is 11.3 Å². The topological polar surface area (TPSA) is 84.5 Å². The first-order valence-electron chi connectivity index (χ1n) is 8.53. The van der Waals surface area contributed by atoms with Crippen LogP contribution in [0.4, 0.5) is 23.9 Å². The summed E-state index contributed by atoms with van der Waals surface area (Å²) < 4.78 is 42.8. The van der Waals surface area contributed by atoms with Crippen LogP contribution in [0.5, 0.6) is 0 Å². The number of hydrogen-bond donors (Lipinski definition) is 2. The molecule has 0 aliphatic heterocycles. The molecule has 6 nitrogen and oxygen atoms in total. The van der Waals surface area contributed by atoms with Crippen LogP contribution in [-0.2, 0) is 9.53 Å². The number of rotatable bonds is 5. The normalized spacial score (nSPS) is 11.1. The van der Waals surface area contributed by atoms with Gasteiger partial charge in [-0.2, -0.15) is 13.2 Å². The second kappa shape index (κ2) is 8.64. The van der Waals surface area contributed by atoms with Crippen molar-refractivity contribution in [3.63, 3.8) is 0 Å². The zero-order chi connectivity index (χ0) is 21.9. The van der Waals surface area contributed by atoms with E-state index in [1.165, 1.54) is 13.8 Å². The predicted octanol–water partition coefficient (Wildman–Crippen LogP) is 4.60. The zero-order valence-corrected chi connectivity index (χ0v) is 16.9. The smallest absolute Gasteiger partial charge is 0.462 e. The summed E-state index contributed by atoms with van der Waals surface area (Å²) in [4.78, 5) is 36.3. The van der Waals surface area contributed by atoms with Crippen molar-refractivity contribution in [1.29, 1.82) is 0 Å². The standard InChI is InChI=1S/C19H19F3N2O4S/c1-5-28-17(26)13-11(4)14(29-16(13)24-18(27)19(20,21)22)15(25)23-12-7-6-9(2)8-10(12)3/h6-8H,5H2,1-4H3,(H,23,25)(H,24,27). The van der Waals surface area contributed by atoms with Crippen molar-refractivity contribution in [1.82, 2.24) is 0 Å². The average molecular weight is 428 g/mol. The quantitative estimate of drug-likeness (QED) is 0.682. The minimum Gasteiger partial charge on any atom is -0.462 e.